The number of H-pyrrole nitrogens is 1. The van der Waals surface area contributed by atoms with Gasteiger partial charge in [-0.15, -0.1) is 11.3 Å². The van der Waals surface area contributed by atoms with Crippen LogP contribution in [0, 0.1) is 5.92 Å². The number of hydrogen-bond donors (Lipinski definition) is 6. The molecule has 1 aliphatic heterocycles. The van der Waals surface area contributed by atoms with Crippen LogP contribution in [-0.4, -0.2) is 68.3 Å². The number of rotatable bonds is 16. The smallest absolute Gasteiger partial charge is 0.347 e. The van der Waals surface area contributed by atoms with E-state index in [2.05, 4.69) is 49.8 Å². The number of nitrogens with zero attached hydrogens (tertiary/aromatic N) is 2. The van der Waals surface area contributed by atoms with Crippen LogP contribution in [0.4, 0.5) is 0 Å². The Bertz CT molecular complexity index is 2720. The predicted octanol–water partition coefficient (Wildman–Crippen LogP) is 6.80. The molecule has 12 nitrogen and oxygen atoms in total. The summed E-state index contributed by atoms with van der Waals surface area (Å²) in [5.74, 6) is -0.854. The van der Waals surface area contributed by atoms with Gasteiger partial charge in [0.15, 0.2) is 0 Å². The highest BCUT2D eigenvalue weighted by atomic mass is 32.1. The number of aliphatic hydroxyl groups excluding tert-OH is 1. The maximum Gasteiger partial charge on any atom is 0.347 e. The summed E-state index contributed by atoms with van der Waals surface area (Å²) in [7, 11) is 0. The van der Waals surface area contributed by atoms with Gasteiger partial charge in [-0.25, -0.2) is 4.79 Å². The predicted molar refractivity (Wildman–Crippen MR) is 243 cm³/mol. The standard InChI is InChI=1S/C50H49N5O7S/c56-43-19-17-41(42-18-21-46(58)54-47(42)43)44(57)30-51-28-39-15-14-36(27-52-39)48(59)53-29-40-16-20-45(63-40)35-10-7-13-38(26-35)50(61,37-11-5-2-6-12-37)49(60)62-32-34-22-24-55(25-23-34)31-33-8-3-1-4-9-33/h1-21,26-27,34,44,51,56-57,61H,22-25,28-32H2,(H,53,59)(H,54,58)/t44-,50-/m0/s1. The largest absolute Gasteiger partial charge is 0.506 e. The first kappa shape index (κ1) is 43.2. The maximum atomic E-state index is 14.0. The molecule has 0 saturated carbocycles. The molecule has 13 heteroatoms. The summed E-state index contributed by atoms with van der Waals surface area (Å²) < 4.78 is 5.94. The Morgan fingerprint density at radius 3 is 2.40 bits per heavy atom. The van der Waals surface area contributed by atoms with E-state index in [1.807, 2.05) is 42.5 Å². The molecule has 3 aromatic heterocycles. The fourth-order valence-electron chi connectivity index (χ4n) is 7.99. The molecular weight excluding hydrogens is 815 g/mol. The fraction of sp³-hybridized carbons (Fsp3) is 0.240. The zero-order valence-electron chi connectivity index (χ0n) is 34.6. The van der Waals surface area contributed by atoms with Gasteiger partial charge in [0.2, 0.25) is 11.2 Å². The molecule has 322 valence electrons. The highest BCUT2D eigenvalue weighted by Crippen LogP contribution is 2.36. The number of carbonyl (C=O) groups excluding carboxylic acids is 2. The first-order valence-electron chi connectivity index (χ1n) is 21.0. The quantitative estimate of drug-likeness (QED) is 0.0567. The summed E-state index contributed by atoms with van der Waals surface area (Å²) in [4.78, 5) is 50.1. The first-order chi connectivity index (χ1) is 30.6. The van der Waals surface area contributed by atoms with Crippen molar-refractivity contribution < 1.29 is 29.6 Å². The number of esters is 1. The van der Waals surface area contributed by atoms with Gasteiger partial charge in [0, 0.05) is 52.6 Å². The lowest BCUT2D eigenvalue weighted by Crippen LogP contribution is -2.40. The number of aromatic nitrogens is 2. The molecule has 7 aromatic rings. The van der Waals surface area contributed by atoms with Crippen LogP contribution in [0.2, 0.25) is 0 Å². The van der Waals surface area contributed by atoms with E-state index in [9.17, 15) is 29.7 Å². The number of ether oxygens (including phenoxy) is 1. The van der Waals surface area contributed by atoms with Crippen molar-refractivity contribution in [3.63, 3.8) is 0 Å². The minimum absolute atomic E-state index is 0.0753. The van der Waals surface area contributed by atoms with Gasteiger partial charge >= 0.3 is 5.97 Å². The molecule has 1 aliphatic rings. The number of carbonyl (C=O) groups is 2. The van der Waals surface area contributed by atoms with Crippen LogP contribution in [-0.2, 0) is 34.8 Å². The number of pyridine rings is 2. The fourth-order valence-corrected chi connectivity index (χ4v) is 8.93. The number of nitrogens with one attached hydrogen (secondary N) is 3. The second-order valence-corrected chi connectivity index (χ2v) is 17.0. The zero-order valence-corrected chi connectivity index (χ0v) is 35.4. The average Bonchev–Trinajstić information content (AvgIpc) is 3.80. The zero-order chi connectivity index (χ0) is 43.8. The summed E-state index contributed by atoms with van der Waals surface area (Å²) >= 11 is 1.50. The third-order valence-corrected chi connectivity index (χ3v) is 12.7. The van der Waals surface area contributed by atoms with E-state index in [0.717, 1.165) is 47.8 Å². The van der Waals surface area contributed by atoms with Crippen LogP contribution in [0.15, 0.2) is 144 Å². The molecular formula is C50H49N5O7S. The van der Waals surface area contributed by atoms with E-state index in [1.54, 1.807) is 54.6 Å². The summed E-state index contributed by atoms with van der Waals surface area (Å²) in [6.07, 6.45) is 2.40. The van der Waals surface area contributed by atoms with Crippen molar-refractivity contribution in [3.8, 4) is 16.2 Å². The number of aliphatic hydroxyl groups is 2. The van der Waals surface area contributed by atoms with Gasteiger partial charge in [0.1, 0.15) is 5.75 Å². The average molecular weight is 864 g/mol. The van der Waals surface area contributed by atoms with Crippen molar-refractivity contribution >= 4 is 34.1 Å². The number of aromatic hydroxyl groups is 1. The second kappa shape index (κ2) is 19.7. The molecule has 1 amide bonds. The van der Waals surface area contributed by atoms with E-state index >= 15 is 0 Å². The van der Waals surface area contributed by atoms with Gasteiger partial charge in [0.05, 0.1) is 36.0 Å². The van der Waals surface area contributed by atoms with Gasteiger partial charge in [-0.2, -0.15) is 0 Å². The molecule has 8 rings (SSSR count). The third-order valence-electron chi connectivity index (χ3n) is 11.5. The molecule has 0 bridgehead atoms. The molecule has 6 N–H and O–H groups in total. The molecule has 4 heterocycles. The summed E-state index contributed by atoms with van der Waals surface area (Å²) in [6, 6.07) is 40.0. The maximum absolute atomic E-state index is 14.0. The van der Waals surface area contributed by atoms with Crippen molar-refractivity contribution in [2.24, 2.45) is 5.92 Å². The molecule has 0 radical (unpaired) electrons. The monoisotopic (exact) mass is 863 g/mol. The molecule has 0 aliphatic carbocycles. The third kappa shape index (κ3) is 10.3. The lowest BCUT2D eigenvalue weighted by atomic mass is 9.85. The van der Waals surface area contributed by atoms with Crippen molar-refractivity contribution in [2.45, 2.75) is 44.2 Å². The van der Waals surface area contributed by atoms with E-state index in [4.69, 9.17) is 4.74 Å². The number of fused-ring (bicyclic) bond motifs is 1. The Morgan fingerprint density at radius 1 is 0.873 bits per heavy atom. The van der Waals surface area contributed by atoms with Crippen LogP contribution in [0.25, 0.3) is 21.3 Å². The Kier molecular flexibility index (Phi) is 13.5. The van der Waals surface area contributed by atoms with Gasteiger partial charge in [0.25, 0.3) is 5.91 Å². The normalized spacial score (nSPS) is 14.8. The number of aromatic amines is 1. The van der Waals surface area contributed by atoms with Gasteiger partial charge in [-0.1, -0.05) is 84.9 Å². The van der Waals surface area contributed by atoms with Crippen LogP contribution in [0.5, 0.6) is 5.75 Å². The van der Waals surface area contributed by atoms with Crippen molar-refractivity contribution in [3.05, 3.63) is 188 Å². The Hall–Kier alpha value is -6.48. The molecule has 2 atom stereocenters. The van der Waals surface area contributed by atoms with Crippen molar-refractivity contribution in [2.75, 3.05) is 26.2 Å². The molecule has 63 heavy (non-hydrogen) atoms. The van der Waals surface area contributed by atoms with Gasteiger partial charge in [-0.05, 0) is 96.6 Å². The lowest BCUT2D eigenvalue weighted by Gasteiger charge is -2.33. The molecule has 1 saturated heterocycles. The Labute approximate surface area is 368 Å². The number of benzene rings is 4. The number of piperidine rings is 1. The minimum atomic E-state index is -2.02. The number of hydrogen-bond acceptors (Lipinski definition) is 11. The van der Waals surface area contributed by atoms with Crippen LogP contribution in [0.1, 0.15) is 62.1 Å². The van der Waals surface area contributed by atoms with Gasteiger partial charge < -0.3 is 35.7 Å². The van der Waals surface area contributed by atoms with Crippen molar-refractivity contribution in [1.82, 2.24) is 25.5 Å². The van der Waals surface area contributed by atoms with E-state index in [-0.39, 0.29) is 48.3 Å². The first-order valence-corrected chi connectivity index (χ1v) is 21.8. The number of thiophene rings is 1. The number of phenolic OH excluding ortho intramolecular Hbond substituents is 1. The van der Waals surface area contributed by atoms with Crippen LogP contribution in [0.3, 0.4) is 0 Å². The topological polar surface area (TPSA) is 177 Å². The summed E-state index contributed by atoms with van der Waals surface area (Å²) in [5, 5.41) is 40.0. The second-order valence-electron chi connectivity index (χ2n) is 15.9. The molecule has 0 spiro atoms. The lowest BCUT2D eigenvalue weighted by molar-refractivity contribution is -0.164. The number of phenols is 1. The highest BCUT2D eigenvalue weighted by molar-refractivity contribution is 7.15. The number of amides is 1. The Morgan fingerprint density at radius 2 is 1.63 bits per heavy atom. The molecule has 4 aromatic carbocycles. The van der Waals surface area contributed by atoms with E-state index in [1.165, 1.54) is 35.2 Å². The van der Waals surface area contributed by atoms with Crippen molar-refractivity contribution in [1.29, 1.82) is 0 Å². The van der Waals surface area contributed by atoms with E-state index < -0.39 is 17.7 Å². The van der Waals surface area contributed by atoms with Crippen LogP contribution >= 0.6 is 11.3 Å². The molecule has 0 unspecified atom stereocenters. The minimum Gasteiger partial charge on any atom is -0.506 e. The SMILES string of the molecule is O=C(NCc1ccc(-c2cccc([C@](O)(C(=O)OCC3CCN(Cc4ccccc4)CC3)c3ccccc3)c2)s1)c1ccc(CNC[C@H](O)c2ccc(O)c3[nH]c(=O)ccc23)nc1. The molecule has 1 fully saturated rings. The van der Waals surface area contributed by atoms with Gasteiger partial charge in [-0.3, -0.25) is 19.5 Å². The Balaban J connectivity index is 0.848. The van der Waals surface area contributed by atoms with Crippen LogP contribution < -0.4 is 16.2 Å². The number of likely N-dealkylation sites (tertiary alicyclic amines) is 1. The summed E-state index contributed by atoms with van der Waals surface area (Å²) in [5.41, 5.74) is 2.46. The highest BCUT2D eigenvalue weighted by Gasteiger charge is 2.42. The summed E-state index contributed by atoms with van der Waals surface area (Å²) in [6.45, 7) is 3.78. The van der Waals surface area contributed by atoms with E-state index in [0.29, 0.717) is 39.9 Å².